The quantitative estimate of drug-likeness (QED) is 0.200. The zero-order valence-corrected chi connectivity index (χ0v) is 18.8. The van der Waals surface area contributed by atoms with E-state index in [9.17, 15) is 17.3 Å². The van der Waals surface area contributed by atoms with Gasteiger partial charge in [-0.2, -0.15) is 0 Å². The highest BCUT2D eigenvalue weighted by molar-refractivity contribution is 7.73. The maximum absolute atomic E-state index is 9.75. The van der Waals surface area contributed by atoms with Crippen LogP contribution in [0.1, 0.15) is 22.8 Å². The predicted octanol–water partition coefficient (Wildman–Crippen LogP) is 6.14. The summed E-state index contributed by atoms with van der Waals surface area (Å²) in [6.07, 6.45) is 0. The van der Waals surface area contributed by atoms with Crippen LogP contribution in [0.5, 0.6) is 0 Å². The lowest BCUT2D eigenvalue weighted by molar-refractivity contribution is -0.427. The average Bonchev–Trinajstić information content (AvgIpc) is 2.83. The minimum atomic E-state index is -6.00. The van der Waals surface area contributed by atoms with Gasteiger partial charge in [0.15, 0.2) is 0 Å². The highest BCUT2D eigenvalue weighted by Crippen LogP contribution is 2.54. The van der Waals surface area contributed by atoms with Gasteiger partial charge in [-0.05, 0) is 24.1 Å². The third-order valence-electron chi connectivity index (χ3n) is 5.10. The van der Waals surface area contributed by atoms with Crippen molar-refractivity contribution in [2.45, 2.75) is 11.7 Å². The first-order valence-corrected chi connectivity index (χ1v) is 12.0. The Morgan fingerprint density at radius 1 is 0.515 bits per heavy atom. The highest BCUT2D eigenvalue weighted by atomic mass is 31.1. The third-order valence-corrected chi connectivity index (χ3v) is 8.02. The first-order chi connectivity index (χ1) is 15.8. The maximum atomic E-state index is 9.75. The third kappa shape index (κ3) is 7.56. The molecule has 4 aromatic rings. The molecule has 4 aromatic carbocycles. The van der Waals surface area contributed by atoms with Crippen molar-refractivity contribution in [3.05, 3.63) is 132 Å². The second-order valence-electron chi connectivity index (χ2n) is 7.41. The summed E-state index contributed by atoms with van der Waals surface area (Å²) < 4.78 is 39.0. The molecule has 7 heteroatoms. The molecular formula is C26H25BF4NP. The molecule has 0 amide bonds. The molecule has 0 heterocycles. The number of hydrogen-bond donors (Lipinski definition) is 1. The Morgan fingerprint density at radius 3 is 1.18 bits per heavy atom. The summed E-state index contributed by atoms with van der Waals surface area (Å²) in [7, 11) is -6.62. The summed E-state index contributed by atoms with van der Waals surface area (Å²) in [5.41, 5.74) is 7.61. The van der Waals surface area contributed by atoms with E-state index in [2.05, 4.69) is 127 Å². The Kier molecular flexibility index (Phi) is 8.82. The number of hydrogen-bond acceptors (Lipinski definition) is 0. The maximum Gasteiger partial charge on any atom is 0.673 e. The molecule has 33 heavy (non-hydrogen) atoms. The summed E-state index contributed by atoms with van der Waals surface area (Å²) in [6.45, 7) is 0. The first-order valence-electron chi connectivity index (χ1n) is 10.5. The summed E-state index contributed by atoms with van der Waals surface area (Å²) >= 11 is 0. The zero-order chi connectivity index (χ0) is 23.7. The van der Waals surface area contributed by atoms with Crippen LogP contribution in [-0.4, -0.2) is 7.25 Å². The second-order valence-corrected chi connectivity index (χ2v) is 9.74. The smallest absolute Gasteiger partial charge is 0.418 e. The van der Waals surface area contributed by atoms with Crippen LogP contribution >= 0.6 is 7.92 Å². The Hall–Kier alpha value is -2.95. The zero-order valence-electron chi connectivity index (χ0n) is 17.9. The number of benzene rings is 4. The minimum absolute atomic E-state index is 0.162. The SMILES string of the molecule is F[B-](F)(F)F.[NH3+][C@H](c1ccccc1)[C@@H](c1ccccc1)P(c1ccccc1)c1ccccc1. The number of quaternary nitrogens is 1. The summed E-state index contributed by atoms with van der Waals surface area (Å²) in [4.78, 5) is 0. The molecule has 0 aliphatic heterocycles. The van der Waals surface area contributed by atoms with Gasteiger partial charge in [0.2, 0.25) is 0 Å². The van der Waals surface area contributed by atoms with Gasteiger partial charge in [-0.3, -0.25) is 0 Å². The topological polar surface area (TPSA) is 27.6 Å². The molecule has 0 radical (unpaired) electrons. The molecule has 0 aliphatic carbocycles. The van der Waals surface area contributed by atoms with Crippen LogP contribution in [0.2, 0.25) is 0 Å². The Morgan fingerprint density at radius 2 is 0.818 bits per heavy atom. The second kappa shape index (κ2) is 11.8. The van der Waals surface area contributed by atoms with Gasteiger partial charge in [-0.15, -0.1) is 0 Å². The van der Waals surface area contributed by atoms with Crippen molar-refractivity contribution in [3.8, 4) is 0 Å². The Bertz CT molecular complexity index is 1040. The van der Waals surface area contributed by atoms with Crippen molar-refractivity contribution < 1.29 is 23.0 Å². The van der Waals surface area contributed by atoms with Crippen molar-refractivity contribution in [2.24, 2.45) is 0 Å². The number of halogens is 4. The fourth-order valence-corrected chi connectivity index (χ4v) is 6.67. The van der Waals surface area contributed by atoms with Gasteiger partial charge in [0, 0.05) is 5.56 Å². The van der Waals surface area contributed by atoms with Crippen LogP contribution < -0.4 is 16.3 Å². The van der Waals surface area contributed by atoms with E-state index in [-0.39, 0.29) is 6.04 Å². The molecule has 0 saturated carbocycles. The monoisotopic (exact) mass is 469 g/mol. The van der Waals surface area contributed by atoms with E-state index in [1.54, 1.807) is 0 Å². The highest BCUT2D eigenvalue weighted by Gasteiger charge is 2.34. The molecule has 0 unspecified atom stereocenters. The normalized spacial score (nSPS) is 13.0. The lowest BCUT2D eigenvalue weighted by Gasteiger charge is -2.31. The van der Waals surface area contributed by atoms with Gasteiger partial charge in [0.1, 0.15) is 6.04 Å². The largest absolute Gasteiger partial charge is 0.673 e. The molecular weight excluding hydrogens is 444 g/mol. The molecule has 2 atom stereocenters. The van der Waals surface area contributed by atoms with Gasteiger partial charge in [0.25, 0.3) is 0 Å². The van der Waals surface area contributed by atoms with E-state index in [1.165, 1.54) is 21.7 Å². The van der Waals surface area contributed by atoms with Crippen LogP contribution in [0.4, 0.5) is 17.3 Å². The molecule has 0 aromatic heterocycles. The molecule has 0 aliphatic rings. The van der Waals surface area contributed by atoms with Crippen LogP contribution in [0.15, 0.2) is 121 Å². The van der Waals surface area contributed by atoms with E-state index in [4.69, 9.17) is 0 Å². The van der Waals surface area contributed by atoms with E-state index >= 15 is 0 Å². The first kappa shape index (κ1) is 24.7. The molecule has 3 N–H and O–H groups in total. The van der Waals surface area contributed by atoms with Crippen LogP contribution in [0.3, 0.4) is 0 Å². The van der Waals surface area contributed by atoms with Crippen molar-refractivity contribution in [1.29, 1.82) is 0 Å². The van der Waals surface area contributed by atoms with Crippen LogP contribution in [-0.2, 0) is 0 Å². The lowest BCUT2D eigenvalue weighted by atomic mass is 9.99. The predicted molar refractivity (Wildman–Crippen MR) is 131 cm³/mol. The van der Waals surface area contributed by atoms with Gasteiger partial charge in [0.05, 0.1) is 5.66 Å². The van der Waals surface area contributed by atoms with Gasteiger partial charge >= 0.3 is 7.25 Å². The van der Waals surface area contributed by atoms with Crippen LogP contribution in [0, 0.1) is 0 Å². The van der Waals surface area contributed by atoms with Gasteiger partial charge in [-0.25, -0.2) is 0 Å². The van der Waals surface area contributed by atoms with Gasteiger partial charge < -0.3 is 23.0 Å². The van der Waals surface area contributed by atoms with Crippen molar-refractivity contribution >= 4 is 25.8 Å². The summed E-state index contributed by atoms with van der Waals surface area (Å²) in [6, 6.07) is 43.6. The fourth-order valence-electron chi connectivity index (χ4n) is 3.74. The summed E-state index contributed by atoms with van der Waals surface area (Å²) in [5, 5.41) is 2.78. The molecule has 170 valence electrons. The Labute approximate surface area is 193 Å². The van der Waals surface area contributed by atoms with Crippen molar-refractivity contribution in [2.75, 3.05) is 0 Å². The standard InChI is InChI=1S/C26H24NP.BF4/c27-25(21-13-5-1-6-14-21)26(22-15-7-2-8-16-22)28(23-17-9-3-10-18-23)24-19-11-4-12-20-24;2-1(3,4)5/h1-20,25-26H,27H2;/q;-1/p+1/t25-,26-;/m1./s1. The molecule has 1 nitrogen and oxygen atoms in total. The van der Waals surface area contributed by atoms with E-state index in [1.807, 2.05) is 0 Å². The molecule has 0 fully saturated rings. The molecule has 4 rings (SSSR count). The lowest BCUT2D eigenvalue weighted by Crippen LogP contribution is -2.56. The Balaban J connectivity index is 0.000000555. The van der Waals surface area contributed by atoms with Crippen molar-refractivity contribution in [3.63, 3.8) is 0 Å². The molecule has 0 spiro atoms. The van der Waals surface area contributed by atoms with Gasteiger partial charge in [-0.1, -0.05) is 121 Å². The fraction of sp³-hybridized carbons (Fsp3) is 0.0769. The van der Waals surface area contributed by atoms with E-state index < -0.39 is 15.2 Å². The number of rotatable bonds is 6. The van der Waals surface area contributed by atoms with E-state index in [0.29, 0.717) is 5.66 Å². The van der Waals surface area contributed by atoms with Crippen molar-refractivity contribution in [1.82, 2.24) is 0 Å². The minimum Gasteiger partial charge on any atom is -0.418 e. The van der Waals surface area contributed by atoms with E-state index in [0.717, 1.165) is 0 Å². The van der Waals surface area contributed by atoms with Crippen LogP contribution in [0.25, 0.3) is 0 Å². The molecule has 0 saturated heterocycles. The molecule has 0 bridgehead atoms. The average molecular weight is 469 g/mol. The summed E-state index contributed by atoms with van der Waals surface area (Å²) in [5.74, 6) is 0.